The van der Waals surface area contributed by atoms with Gasteiger partial charge in [0.05, 0.1) is 42.9 Å². The lowest BCUT2D eigenvalue weighted by molar-refractivity contribution is -0.130. The fourth-order valence-corrected chi connectivity index (χ4v) is 6.74. The van der Waals surface area contributed by atoms with Crippen molar-refractivity contribution in [3.8, 4) is 11.8 Å². The zero-order valence-corrected chi connectivity index (χ0v) is 22.9. The van der Waals surface area contributed by atoms with Gasteiger partial charge in [-0.05, 0) is 37.3 Å². The van der Waals surface area contributed by atoms with Crippen LogP contribution in [0.2, 0.25) is 0 Å². The third-order valence-corrected chi connectivity index (χ3v) is 9.45. The number of halogens is 1. The number of fused-ring (bicyclic) bond motifs is 1. The number of piperidine rings is 1. The number of ether oxygens (including phenoxy) is 2. The fourth-order valence-electron chi connectivity index (χ4n) is 5.51. The molecule has 0 spiro atoms. The number of amides is 1. The van der Waals surface area contributed by atoms with Crippen LogP contribution in [0.3, 0.4) is 0 Å². The first-order chi connectivity index (χ1) is 17.7. The highest BCUT2D eigenvalue weighted by Gasteiger charge is 2.43. The lowest BCUT2D eigenvalue weighted by Crippen LogP contribution is -2.56. The second kappa shape index (κ2) is 12.2. The quantitative estimate of drug-likeness (QED) is 0.441. The number of anilines is 1. The maximum Gasteiger partial charge on any atom is 0.225 e. The summed E-state index contributed by atoms with van der Waals surface area (Å²) in [5.41, 5.74) is 1.27. The van der Waals surface area contributed by atoms with Crippen molar-refractivity contribution in [1.29, 1.82) is 5.26 Å². The molecule has 204 valence electrons. The summed E-state index contributed by atoms with van der Waals surface area (Å²) >= 11 is 6.73. The molecule has 1 saturated carbocycles. The van der Waals surface area contributed by atoms with Gasteiger partial charge < -0.3 is 20.1 Å². The van der Waals surface area contributed by atoms with Crippen LogP contribution in [0.4, 0.5) is 5.69 Å². The molecule has 2 saturated heterocycles. The van der Waals surface area contributed by atoms with Crippen LogP contribution in [0.1, 0.15) is 24.8 Å². The molecule has 1 amide bonds. The van der Waals surface area contributed by atoms with Crippen molar-refractivity contribution in [3.63, 3.8) is 0 Å². The van der Waals surface area contributed by atoms with E-state index < -0.39 is 10.0 Å². The second-order valence-electron chi connectivity index (χ2n) is 10.1. The van der Waals surface area contributed by atoms with Crippen molar-refractivity contribution in [2.75, 3.05) is 64.6 Å². The largest absolute Gasteiger partial charge is 0.495 e. The summed E-state index contributed by atoms with van der Waals surface area (Å²) in [5.74, 6) is 0.659. The summed E-state index contributed by atoms with van der Waals surface area (Å²) < 4.78 is 36.3. The first-order valence-corrected chi connectivity index (χ1v) is 15.0. The first-order valence-electron chi connectivity index (χ1n) is 12.7. The number of piperazine rings is 1. The van der Waals surface area contributed by atoms with E-state index in [1.54, 1.807) is 12.1 Å². The van der Waals surface area contributed by atoms with Crippen molar-refractivity contribution in [2.24, 2.45) is 11.8 Å². The van der Waals surface area contributed by atoms with E-state index in [9.17, 15) is 13.2 Å². The van der Waals surface area contributed by atoms with E-state index in [0.29, 0.717) is 63.0 Å². The summed E-state index contributed by atoms with van der Waals surface area (Å²) in [4.78, 5) is 15.1. The van der Waals surface area contributed by atoms with Crippen LogP contribution in [0.15, 0.2) is 18.2 Å². The monoisotopic (exact) mass is 553 g/mol. The number of hydrogen-bond donors (Lipinski definition) is 2. The summed E-state index contributed by atoms with van der Waals surface area (Å²) in [7, 11) is -1.61. The van der Waals surface area contributed by atoms with Gasteiger partial charge >= 0.3 is 0 Å². The van der Waals surface area contributed by atoms with E-state index in [2.05, 4.69) is 21.6 Å². The lowest BCUT2D eigenvalue weighted by atomic mass is 9.74. The third-order valence-electron chi connectivity index (χ3n) is 7.69. The van der Waals surface area contributed by atoms with Gasteiger partial charge in [-0.25, -0.2) is 8.42 Å². The van der Waals surface area contributed by atoms with Gasteiger partial charge in [0.15, 0.2) is 0 Å². The zero-order valence-electron chi connectivity index (χ0n) is 21.4. The molecular weight excluding hydrogens is 518 g/mol. The predicted octanol–water partition coefficient (Wildman–Crippen LogP) is 1.46. The zero-order chi connectivity index (χ0) is 26.6. The predicted molar refractivity (Wildman–Crippen MR) is 141 cm³/mol. The molecule has 0 aromatic heterocycles. The number of rotatable bonds is 9. The van der Waals surface area contributed by atoms with Gasteiger partial charge in [-0.3, -0.25) is 9.69 Å². The number of sulfonamides is 1. The second-order valence-corrected chi connectivity index (χ2v) is 12.7. The van der Waals surface area contributed by atoms with Crippen molar-refractivity contribution in [1.82, 2.24) is 14.5 Å². The molecule has 2 heterocycles. The lowest BCUT2D eigenvalue weighted by Gasteiger charge is -2.44. The number of carbonyl (C=O) groups excluding carboxylic acids is 1. The number of benzene rings is 1. The van der Waals surface area contributed by atoms with Crippen LogP contribution >= 0.6 is 11.6 Å². The summed E-state index contributed by atoms with van der Waals surface area (Å²) in [6.45, 7) is 4.14. The normalized spacial score (nSPS) is 29.1. The highest BCUT2D eigenvalue weighted by atomic mass is 35.5. The van der Waals surface area contributed by atoms with E-state index >= 15 is 0 Å². The van der Waals surface area contributed by atoms with Gasteiger partial charge in [-0.2, -0.15) is 9.57 Å². The van der Waals surface area contributed by atoms with Crippen LogP contribution < -0.4 is 15.4 Å². The molecule has 10 nitrogen and oxygen atoms in total. The Hall–Kier alpha value is -2.10. The van der Waals surface area contributed by atoms with Gasteiger partial charge in [-0.15, -0.1) is 11.6 Å². The molecule has 1 aliphatic carbocycles. The van der Waals surface area contributed by atoms with E-state index in [-0.39, 0.29) is 29.3 Å². The van der Waals surface area contributed by atoms with Crippen LogP contribution in [0.25, 0.3) is 0 Å². The average molecular weight is 554 g/mol. The minimum absolute atomic E-state index is 0.0323. The minimum Gasteiger partial charge on any atom is -0.495 e. The van der Waals surface area contributed by atoms with Crippen LogP contribution in [-0.2, 0) is 19.6 Å². The van der Waals surface area contributed by atoms with Crippen molar-refractivity contribution >= 4 is 33.2 Å². The smallest absolute Gasteiger partial charge is 0.225 e. The number of alkyl halides is 1. The molecule has 4 rings (SSSR count). The summed E-state index contributed by atoms with van der Waals surface area (Å²) in [6, 6.07) is 7.43. The molecule has 1 aromatic carbocycles. The minimum atomic E-state index is -3.13. The molecule has 37 heavy (non-hydrogen) atoms. The molecule has 5 atom stereocenters. The molecule has 0 radical (unpaired) electrons. The Kier molecular flexibility index (Phi) is 9.19. The van der Waals surface area contributed by atoms with Gasteiger partial charge in [0, 0.05) is 57.1 Å². The number of methoxy groups -OCH3 is 1. The Morgan fingerprint density at radius 1 is 1.22 bits per heavy atom. The fraction of sp³-hybridized carbons (Fsp3) is 0.680. The molecule has 1 aromatic rings. The van der Waals surface area contributed by atoms with Gasteiger partial charge in [0.25, 0.3) is 0 Å². The number of carbonyl (C=O) groups is 1. The number of nitriles is 1. The molecule has 3 aliphatic rings. The van der Waals surface area contributed by atoms with E-state index in [4.69, 9.17) is 26.3 Å². The summed E-state index contributed by atoms with van der Waals surface area (Å²) in [5, 5.41) is 15.5. The molecule has 2 N–H and O–H groups in total. The van der Waals surface area contributed by atoms with Crippen LogP contribution in [0.5, 0.6) is 5.75 Å². The van der Waals surface area contributed by atoms with Gasteiger partial charge in [-0.1, -0.05) is 0 Å². The number of hydrogen-bond acceptors (Lipinski definition) is 8. The van der Waals surface area contributed by atoms with E-state index in [1.807, 2.05) is 6.07 Å². The van der Waals surface area contributed by atoms with Crippen molar-refractivity contribution in [3.05, 3.63) is 23.8 Å². The Balaban J connectivity index is 1.22. The molecule has 2 aliphatic heterocycles. The van der Waals surface area contributed by atoms with Crippen molar-refractivity contribution < 1.29 is 22.7 Å². The Bertz CT molecular complexity index is 1110. The molecule has 0 bridgehead atoms. The Labute approximate surface area is 224 Å². The van der Waals surface area contributed by atoms with Crippen LogP contribution in [-0.4, -0.2) is 100 Å². The average Bonchev–Trinajstić information content (AvgIpc) is 2.87. The highest BCUT2D eigenvalue weighted by molar-refractivity contribution is 7.88. The molecular formula is C25H36ClN5O5S. The van der Waals surface area contributed by atoms with Gasteiger partial charge in [0.2, 0.25) is 15.9 Å². The van der Waals surface area contributed by atoms with Crippen molar-refractivity contribution in [2.45, 2.75) is 36.8 Å². The number of nitrogens with zero attached hydrogens (tertiary/aromatic N) is 3. The third kappa shape index (κ3) is 7.06. The summed E-state index contributed by atoms with van der Waals surface area (Å²) in [6.07, 6.45) is 3.36. The first kappa shape index (κ1) is 27.9. The topological polar surface area (TPSA) is 124 Å². The van der Waals surface area contributed by atoms with E-state index in [1.165, 1.54) is 17.7 Å². The molecule has 12 heteroatoms. The van der Waals surface area contributed by atoms with Crippen LogP contribution in [0, 0.1) is 23.2 Å². The standard InChI is InChI=1S/C25H36ClN5O5S/c1-35-23-13-20(4-3-17(23)15-27)28-16-19-11-18-12-21(26)24(14-22(18)29-25(19)32)36-10-9-30-5-7-31(8-6-30)37(2,33)34/h3-4,13,18-19,21-22,24,28H,5-12,14,16H2,1-2H3,(H,29,32). The number of nitrogens with one attached hydrogen (secondary N) is 2. The Morgan fingerprint density at radius 2 is 1.97 bits per heavy atom. The SMILES string of the molecule is COc1cc(NCC2CC3CC(Cl)C(OCCN4CCN(S(C)(=O)=O)CC4)CC3NC2=O)ccc1C#N. The molecule has 5 unspecified atom stereocenters. The van der Waals surface area contributed by atoms with E-state index in [0.717, 1.165) is 25.1 Å². The van der Waals surface area contributed by atoms with Gasteiger partial charge in [0.1, 0.15) is 11.8 Å². The maximum atomic E-state index is 12.9. The highest BCUT2D eigenvalue weighted by Crippen LogP contribution is 2.37. The maximum absolute atomic E-state index is 12.9. The Morgan fingerprint density at radius 3 is 2.65 bits per heavy atom. The molecule has 3 fully saturated rings.